The van der Waals surface area contributed by atoms with E-state index >= 15 is 0 Å². The summed E-state index contributed by atoms with van der Waals surface area (Å²) >= 11 is 0. The van der Waals surface area contributed by atoms with Gasteiger partial charge in [-0.2, -0.15) is 4.31 Å². The van der Waals surface area contributed by atoms with Gasteiger partial charge in [0.05, 0.1) is 23.5 Å². The number of hydrogen-bond acceptors (Lipinski definition) is 5. The second kappa shape index (κ2) is 7.74. The molecule has 2 heterocycles. The molecule has 0 saturated carbocycles. The maximum atomic E-state index is 13.4. The van der Waals surface area contributed by atoms with Crippen LogP contribution in [0.3, 0.4) is 0 Å². The third-order valence-corrected chi connectivity index (χ3v) is 6.90. The number of hydrogen-bond donors (Lipinski definition) is 3. The summed E-state index contributed by atoms with van der Waals surface area (Å²) in [4.78, 5) is 19.4. The highest BCUT2D eigenvalue weighted by Gasteiger charge is 2.31. The first kappa shape index (κ1) is 20.4. The number of carbonyl (C=O) groups excluding carboxylic acids is 1. The molecule has 0 aliphatic carbocycles. The van der Waals surface area contributed by atoms with E-state index < -0.39 is 33.7 Å². The minimum atomic E-state index is -3.96. The summed E-state index contributed by atoms with van der Waals surface area (Å²) in [5, 5.41) is 12.1. The number of carbonyl (C=O) groups is 1. The van der Waals surface area contributed by atoms with Crippen molar-refractivity contribution >= 4 is 32.7 Å². The maximum absolute atomic E-state index is 13.4. The van der Waals surface area contributed by atoms with Gasteiger partial charge in [0, 0.05) is 30.4 Å². The topological polar surface area (TPSA) is 115 Å². The van der Waals surface area contributed by atoms with Crippen molar-refractivity contribution in [2.75, 3.05) is 18.4 Å². The van der Waals surface area contributed by atoms with E-state index in [9.17, 15) is 27.1 Å². The maximum Gasteiger partial charge on any atom is 0.255 e. The van der Waals surface area contributed by atoms with Crippen molar-refractivity contribution in [3.63, 3.8) is 0 Å². The largest absolute Gasteiger partial charge is 0.393 e. The van der Waals surface area contributed by atoms with Gasteiger partial charge in [0.25, 0.3) is 5.91 Å². The van der Waals surface area contributed by atoms with Crippen LogP contribution in [-0.2, 0) is 10.0 Å². The van der Waals surface area contributed by atoms with Gasteiger partial charge >= 0.3 is 0 Å². The number of fused-ring (bicyclic) bond motifs is 1. The molecule has 1 amide bonds. The molecule has 1 aliphatic heterocycles. The Kier molecular flexibility index (Phi) is 5.26. The fourth-order valence-corrected chi connectivity index (χ4v) is 5.01. The third kappa shape index (κ3) is 3.78. The zero-order valence-electron chi connectivity index (χ0n) is 15.6. The van der Waals surface area contributed by atoms with Gasteiger partial charge in [-0.05, 0) is 37.1 Å². The van der Waals surface area contributed by atoms with Crippen LogP contribution >= 0.6 is 0 Å². The molecule has 3 N–H and O–H groups in total. The molecule has 2 aromatic carbocycles. The third-order valence-electron chi connectivity index (χ3n) is 4.97. The molecule has 1 aromatic heterocycles. The molecule has 3 aromatic rings. The molecular weight excluding hydrogens is 418 g/mol. The summed E-state index contributed by atoms with van der Waals surface area (Å²) in [5.41, 5.74) is 0.541. The van der Waals surface area contributed by atoms with Crippen molar-refractivity contribution in [1.29, 1.82) is 0 Å². The smallest absolute Gasteiger partial charge is 0.255 e. The van der Waals surface area contributed by atoms with Crippen LogP contribution in [0.15, 0.2) is 41.6 Å². The Morgan fingerprint density at radius 3 is 2.60 bits per heavy atom. The molecule has 30 heavy (non-hydrogen) atoms. The molecule has 1 aliphatic rings. The lowest BCUT2D eigenvalue weighted by Crippen LogP contribution is -2.40. The number of nitrogens with zero attached hydrogens (tertiary/aromatic N) is 2. The van der Waals surface area contributed by atoms with Crippen LogP contribution in [0.5, 0.6) is 0 Å². The number of aliphatic hydroxyl groups is 1. The second-order valence-corrected chi connectivity index (χ2v) is 8.90. The Morgan fingerprint density at radius 2 is 1.90 bits per heavy atom. The van der Waals surface area contributed by atoms with Gasteiger partial charge in [-0.3, -0.25) is 4.79 Å². The monoisotopic (exact) mass is 436 g/mol. The molecule has 0 spiro atoms. The van der Waals surface area contributed by atoms with Gasteiger partial charge in [0.1, 0.15) is 4.90 Å². The van der Waals surface area contributed by atoms with Crippen LogP contribution in [0.1, 0.15) is 23.2 Å². The molecule has 1 saturated heterocycles. The molecule has 158 valence electrons. The quantitative estimate of drug-likeness (QED) is 0.580. The first-order chi connectivity index (χ1) is 14.3. The minimum Gasteiger partial charge on any atom is -0.393 e. The number of anilines is 1. The Morgan fingerprint density at radius 1 is 1.17 bits per heavy atom. The molecule has 8 nitrogen and oxygen atoms in total. The highest BCUT2D eigenvalue weighted by atomic mass is 32.2. The van der Waals surface area contributed by atoms with E-state index in [-0.39, 0.29) is 40.3 Å². The first-order valence-corrected chi connectivity index (χ1v) is 10.6. The number of rotatable bonds is 4. The van der Waals surface area contributed by atoms with Crippen molar-refractivity contribution in [2.24, 2.45) is 0 Å². The molecule has 0 atom stereocenters. The van der Waals surface area contributed by atoms with Crippen LogP contribution in [-0.4, -0.2) is 52.9 Å². The highest BCUT2D eigenvalue weighted by Crippen LogP contribution is 2.28. The number of nitrogens with one attached hydrogen (secondary N) is 2. The number of sulfonamides is 1. The summed E-state index contributed by atoms with van der Waals surface area (Å²) in [7, 11) is -3.96. The Labute approximate surface area is 170 Å². The predicted molar refractivity (Wildman–Crippen MR) is 104 cm³/mol. The Bertz CT molecular complexity index is 1220. The Hall–Kier alpha value is -2.89. The lowest BCUT2D eigenvalue weighted by Gasteiger charge is -2.29. The van der Waals surface area contributed by atoms with Crippen molar-refractivity contribution in [3.05, 3.63) is 53.9 Å². The molecule has 1 fully saturated rings. The number of benzene rings is 2. The normalized spacial score (nSPS) is 16.1. The average Bonchev–Trinajstić information content (AvgIpc) is 3.19. The zero-order valence-corrected chi connectivity index (χ0v) is 16.4. The fourth-order valence-electron chi connectivity index (χ4n) is 3.35. The van der Waals surface area contributed by atoms with E-state index in [1.165, 1.54) is 28.8 Å². The van der Waals surface area contributed by atoms with Crippen LogP contribution in [0.2, 0.25) is 0 Å². The number of piperidine rings is 1. The molecular formula is C19H18F2N4O4S. The van der Waals surface area contributed by atoms with Gasteiger partial charge in [0.15, 0.2) is 11.6 Å². The van der Waals surface area contributed by atoms with Gasteiger partial charge < -0.3 is 15.4 Å². The molecule has 0 bridgehead atoms. The number of aromatic nitrogens is 2. The zero-order chi connectivity index (χ0) is 21.5. The number of H-pyrrole nitrogens is 1. The van der Waals surface area contributed by atoms with E-state index in [2.05, 4.69) is 15.3 Å². The SMILES string of the molecule is O=C(Nc1ccc(F)c(F)c1)c1cc(S(=O)(=O)N2CCC(O)CC2)c2[nH]cnc2c1. The van der Waals surface area contributed by atoms with E-state index in [1.54, 1.807) is 0 Å². The van der Waals surface area contributed by atoms with Crippen molar-refractivity contribution in [3.8, 4) is 0 Å². The highest BCUT2D eigenvalue weighted by molar-refractivity contribution is 7.89. The van der Waals surface area contributed by atoms with Crippen LogP contribution in [0.25, 0.3) is 11.0 Å². The Balaban J connectivity index is 1.70. The lowest BCUT2D eigenvalue weighted by atomic mass is 10.1. The lowest BCUT2D eigenvalue weighted by molar-refractivity contribution is 0.102. The summed E-state index contributed by atoms with van der Waals surface area (Å²) in [6.45, 7) is 0.314. The van der Waals surface area contributed by atoms with Crippen molar-refractivity contribution < 1.29 is 27.1 Å². The van der Waals surface area contributed by atoms with Crippen molar-refractivity contribution in [2.45, 2.75) is 23.8 Å². The van der Waals surface area contributed by atoms with E-state index in [0.29, 0.717) is 12.8 Å². The summed E-state index contributed by atoms with van der Waals surface area (Å²) < 4.78 is 54.2. The molecule has 11 heteroatoms. The van der Waals surface area contributed by atoms with Crippen molar-refractivity contribution in [1.82, 2.24) is 14.3 Å². The van der Waals surface area contributed by atoms with Crippen LogP contribution in [0.4, 0.5) is 14.5 Å². The molecule has 0 unspecified atom stereocenters. The predicted octanol–water partition coefficient (Wildman–Crippen LogP) is 2.24. The van der Waals surface area contributed by atoms with Gasteiger partial charge in [0.2, 0.25) is 10.0 Å². The number of aliphatic hydroxyl groups excluding tert-OH is 1. The van der Waals surface area contributed by atoms with Crippen LogP contribution < -0.4 is 5.32 Å². The average molecular weight is 436 g/mol. The molecule has 0 radical (unpaired) electrons. The van der Waals surface area contributed by atoms with Gasteiger partial charge in [-0.25, -0.2) is 22.2 Å². The summed E-state index contributed by atoms with van der Waals surface area (Å²) in [6, 6.07) is 5.52. The van der Waals surface area contributed by atoms with E-state index in [1.807, 2.05) is 0 Å². The van der Waals surface area contributed by atoms with Crippen LogP contribution in [0, 0.1) is 11.6 Å². The minimum absolute atomic E-state index is 0.00467. The van der Waals surface area contributed by atoms with E-state index in [0.717, 1.165) is 12.1 Å². The first-order valence-electron chi connectivity index (χ1n) is 9.17. The molecule has 4 rings (SSSR count). The number of imidazole rings is 1. The fraction of sp³-hybridized carbons (Fsp3) is 0.263. The summed E-state index contributed by atoms with van der Waals surface area (Å²) in [5.74, 6) is -2.87. The number of halogens is 2. The second-order valence-electron chi connectivity index (χ2n) is 6.99. The van der Waals surface area contributed by atoms with Gasteiger partial charge in [-0.1, -0.05) is 0 Å². The number of amides is 1. The summed E-state index contributed by atoms with van der Waals surface area (Å²) in [6.07, 6.45) is 1.42. The number of aromatic amines is 1. The standard InChI is InChI=1S/C19H18F2N4O4S/c20-14-2-1-12(9-15(14)21)24-19(27)11-7-16-18(23-10-22-16)17(8-11)30(28,29)25-5-3-13(26)4-6-25/h1-2,7-10,13,26H,3-6H2,(H,22,23)(H,24,27). The van der Waals surface area contributed by atoms with Gasteiger partial charge in [-0.15, -0.1) is 0 Å². The van der Waals surface area contributed by atoms with E-state index in [4.69, 9.17) is 0 Å².